The average molecular weight is 326 g/mol. The first-order chi connectivity index (χ1) is 11.5. The van der Waals surface area contributed by atoms with Gasteiger partial charge in [0.05, 0.1) is 23.8 Å². The maximum atomic E-state index is 12.4. The first kappa shape index (κ1) is 15.9. The van der Waals surface area contributed by atoms with Crippen LogP contribution in [0.25, 0.3) is 10.8 Å². The first-order valence-corrected chi connectivity index (χ1v) is 7.58. The minimum absolute atomic E-state index is 0.108. The number of likely N-dealkylation sites (N-methyl/N-ethyl adjacent to an activating group) is 1. The number of hydrogen-bond donors (Lipinski definition) is 0. The molecule has 0 aliphatic heterocycles. The van der Waals surface area contributed by atoms with Gasteiger partial charge in [-0.1, -0.05) is 23.4 Å². The summed E-state index contributed by atoms with van der Waals surface area (Å²) in [6.45, 7) is 3.91. The number of aryl methyl sites for hydroxylation is 2. The molecule has 0 unspecified atom stereocenters. The van der Waals surface area contributed by atoms with Gasteiger partial charge in [-0.2, -0.15) is 5.10 Å². The predicted octanol–water partition coefficient (Wildman–Crippen LogP) is 1.66. The third-order valence-electron chi connectivity index (χ3n) is 4.05. The van der Waals surface area contributed by atoms with Gasteiger partial charge >= 0.3 is 0 Å². The van der Waals surface area contributed by atoms with Crippen LogP contribution in [0.2, 0.25) is 0 Å². The summed E-state index contributed by atoms with van der Waals surface area (Å²) in [6.07, 6.45) is 1.60. The van der Waals surface area contributed by atoms with Crippen molar-refractivity contribution in [3.05, 3.63) is 57.8 Å². The molecule has 1 amide bonds. The van der Waals surface area contributed by atoms with Gasteiger partial charge in [0, 0.05) is 18.0 Å². The van der Waals surface area contributed by atoms with E-state index in [1.807, 2.05) is 26.0 Å². The van der Waals surface area contributed by atoms with Crippen LogP contribution >= 0.6 is 0 Å². The van der Waals surface area contributed by atoms with Crippen molar-refractivity contribution in [3.63, 3.8) is 0 Å². The van der Waals surface area contributed by atoms with Crippen LogP contribution in [0.15, 0.2) is 39.8 Å². The molecular formula is C17H18N4O3. The molecule has 7 nitrogen and oxygen atoms in total. The lowest BCUT2D eigenvalue weighted by molar-refractivity contribution is -0.131. The Kier molecular flexibility index (Phi) is 4.16. The topological polar surface area (TPSA) is 81.2 Å². The van der Waals surface area contributed by atoms with Crippen molar-refractivity contribution in [1.82, 2.24) is 19.8 Å². The average Bonchev–Trinajstić information content (AvgIpc) is 2.89. The lowest BCUT2D eigenvalue weighted by Crippen LogP contribution is -2.34. The zero-order chi connectivity index (χ0) is 17.3. The van der Waals surface area contributed by atoms with Gasteiger partial charge in [0.1, 0.15) is 12.3 Å². The summed E-state index contributed by atoms with van der Waals surface area (Å²) in [5, 5.41) is 9.28. The second-order valence-corrected chi connectivity index (χ2v) is 5.75. The van der Waals surface area contributed by atoms with Crippen molar-refractivity contribution < 1.29 is 9.32 Å². The van der Waals surface area contributed by atoms with Crippen LogP contribution in [0.1, 0.15) is 17.0 Å². The third-order valence-corrected chi connectivity index (χ3v) is 4.05. The molecule has 3 aromatic rings. The van der Waals surface area contributed by atoms with E-state index in [1.54, 1.807) is 25.4 Å². The van der Waals surface area contributed by atoms with Crippen LogP contribution in [-0.2, 0) is 17.9 Å². The summed E-state index contributed by atoms with van der Waals surface area (Å²) in [7, 11) is 1.68. The number of carbonyl (C=O) groups excluding carboxylic acids is 1. The molecule has 1 aromatic carbocycles. The van der Waals surface area contributed by atoms with Crippen molar-refractivity contribution >= 4 is 16.7 Å². The second kappa shape index (κ2) is 6.27. The van der Waals surface area contributed by atoms with Gasteiger partial charge < -0.3 is 9.42 Å². The molecule has 0 radical (unpaired) electrons. The fraction of sp³-hybridized carbons (Fsp3) is 0.294. The number of rotatable bonds is 4. The van der Waals surface area contributed by atoms with E-state index in [1.165, 1.54) is 9.58 Å². The molecule has 0 aliphatic carbocycles. The molecule has 0 spiro atoms. The summed E-state index contributed by atoms with van der Waals surface area (Å²) in [4.78, 5) is 26.4. The molecule has 0 aliphatic rings. The van der Waals surface area contributed by atoms with E-state index in [2.05, 4.69) is 10.3 Å². The normalized spacial score (nSPS) is 11.0. The number of amides is 1. The SMILES string of the molecule is Cc1noc(C)c1CN(C)C(=O)Cn1ncc2ccccc2c1=O. The maximum absolute atomic E-state index is 12.4. The van der Waals surface area contributed by atoms with Crippen molar-refractivity contribution in [2.45, 2.75) is 26.9 Å². The number of aromatic nitrogens is 3. The van der Waals surface area contributed by atoms with Crippen LogP contribution in [0.5, 0.6) is 0 Å². The Labute approximate surface area is 138 Å². The molecule has 24 heavy (non-hydrogen) atoms. The zero-order valence-corrected chi connectivity index (χ0v) is 13.8. The van der Waals surface area contributed by atoms with Gasteiger partial charge in [0.2, 0.25) is 5.91 Å². The van der Waals surface area contributed by atoms with Crippen molar-refractivity contribution in [3.8, 4) is 0 Å². The standard InChI is InChI=1S/C17H18N4O3/c1-11-15(12(2)24-19-11)9-20(3)16(22)10-21-17(23)14-7-5-4-6-13(14)8-18-21/h4-8H,9-10H2,1-3H3. The fourth-order valence-corrected chi connectivity index (χ4v) is 2.54. The van der Waals surface area contributed by atoms with E-state index in [0.29, 0.717) is 17.7 Å². The Balaban J connectivity index is 1.79. The highest BCUT2D eigenvalue weighted by Crippen LogP contribution is 2.14. The van der Waals surface area contributed by atoms with Crippen LogP contribution < -0.4 is 5.56 Å². The minimum atomic E-state index is -0.271. The van der Waals surface area contributed by atoms with Gasteiger partial charge in [-0.3, -0.25) is 9.59 Å². The molecule has 0 saturated carbocycles. The number of carbonyl (C=O) groups is 1. The summed E-state index contributed by atoms with van der Waals surface area (Å²) in [6, 6.07) is 7.18. The second-order valence-electron chi connectivity index (χ2n) is 5.75. The van der Waals surface area contributed by atoms with Gasteiger partial charge in [-0.25, -0.2) is 4.68 Å². The van der Waals surface area contributed by atoms with Crippen molar-refractivity contribution in [2.75, 3.05) is 7.05 Å². The fourth-order valence-electron chi connectivity index (χ4n) is 2.54. The minimum Gasteiger partial charge on any atom is -0.361 e. The van der Waals surface area contributed by atoms with Crippen LogP contribution in [0.3, 0.4) is 0 Å². The molecule has 0 fully saturated rings. The molecule has 0 N–H and O–H groups in total. The van der Waals surface area contributed by atoms with Gasteiger partial charge in [0.25, 0.3) is 5.56 Å². The molecule has 3 rings (SSSR count). The van der Waals surface area contributed by atoms with E-state index >= 15 is 0 Å². The highest BCUT2D eigenvalue weighted by Gasteiger charge is 2.17. The molecule has 0 bridgehead atoms. The smallest absolute Gasteiger partial charge is 0.275 e. The van der Waals surface area contributed by atoms with E-state index in [0.717, 1.165) is 16.6 Å². The van der Waals surface area contributed by atoms with Crippen LogP contribution in [-0.4, -0.2) is 32.8 Å². The van der Waals surface area contributed by atoms with Gasteiger partial charge in [-0.05, 0) is 19.9 Å². The Bertz CT molecular complexity index is 938. The number of fused-ring (bicyclic) bond motifs is 1. The molecule has 0 atom stereocenters. The quantitative estimate of drug-likeness (QED) is 0.728. The summed E-state index contributed by atoms with van der Waals surface area (Å²) in [5.41, 5.74) is 1.37. The predicted molar refractivity (Wildman–Crippen MR) is 88.5 cm³/mol. The molecule has 2 aromatic heterocycles. The van der Waals surface area contributed by atoms with Crippen LogP contribution in [0, 0.1) is 13.8 Å². The maximum Gasteiger partial charge on any atom is 0.275 e. The number of benzene rings is 1. The number of nitrogens with zero attached hydrogens (tertiary/aromatic N) is 4. The summed E-state index contributed by atoms with van der Waals surface area (Å²) >= 11 is 0. The molecule has 2 heterocycles. The van der Waals surface area contributed by atoms with Crippen LogP contribution in [0.4, 0.5) is 0 Å². The lowest BCUT2D eigenvalue weighted by atomic mass is 10.2. The highest BCUT2D eigenvalue weighted by atomic mass is 16.5. The molecule has 124 valence electrons. The Hall–Kier alpha value is -2.96. The molecule has 7 heteroatoms. The van der Waals surface area contributed by atoms with Crippen molar-refractivity contribution in [1.29, 1.82) is 0 Å². The monoisotopic (exact) mass is 326 g/mol. The largest absolute Gasteiger partial charge is 0.361 e. The molecule has 0 saturated heterocycles. The summed E-state index contributed by atoms with van der Waals surface area (Å²) < 4.78 is 6.29. The van der Waals surface area contributed by atoms with E-state index in [4.69, 9.17) is 4.52 Å². The molecular weight excluding hydrogens is 308 g/mol. The Morgan fingerprint density at radius 1 is 1.29 bits per heavy atom. The van der Waals surface area contributed by atoms with E-state index in [-0.39, 0.29) is 18.0 Å². The van der Waals surface area contributed by atoms with Gasteiger partial charge in [-0.15, -0.1) is 0 Å². The Morgan fingerprint density at radius 2 is 2.04 bits per heavy atom. The van der Waals surface area contributed by atoms with Gasteiger partial charge in [0.15, 0.2) is 0 Å². The summed E-state index contributed by atoms with van der Waals surface area (Å²) in [5.74, 6) is 0.480. The highest BCUT2D eigenvalue weighted by molar-refractivity contribution is 5.81. The van der Waals surface area contributed by atoms with E-state index < -0.39 is 0 Å². The zero-order valence-electron chi connectivity index (χ0n) is 13.8. The van der Waals surface area contributed by atoms with Crippen molar-refractivity contribution in [2.24, 2.45) is 0 Å². The van der Waals surface area contributed by atoms with E-state index in [9.17, 15) is 9.59 Å². The lowest BCUT2D eigenvalue weighted by Gasteiger charge is -2.17. The Morgan fingerprint density at radius 3 is 2.75 bits per heavy atom. The first-order valence-electron chi connectivity index (χ1n) is 7.58. The number of hydrogen-bond acceptors (Lipinski definition) is 5. The third kappa shape index (κ3) is 2.92.